The fraction of sp³-hybridized carbons (Fsp3) is 0.588. The molecule has 2 N–H and O–H groups in total. The molecule has 0 saturated heterocycles. The second-order valence-electron chi connectivity index (χ2n) is 6.83. The first-order chi connectivity index (χ1) is 9.39. The Hall–Kier alpha value is -1.35. The highest BCUT2D eigenvalue weighted by Gasteiger charge is 2.36. The molecular formula is C17H25NO2. The molecule has 0 bridgehead atoms. The molecule has 0 aromatic heterocycles. The van der Waals surface area contributed by atoms with Crippen LogP contribution in [0.3, 0.4) is 0 Å². The minimum absolute atomic E-state index is 0.0190. The van der Waals surface area contributed by atoms with Gasteiger partial charge in [-0.2, -0.15) is 0 Å². The summed E-state index contributed by atoms with van der Waals surface area (Å²) in [5.41, 5.74) is 0.601. The predicted octanol–water partition coefficient (Wildman–Crippen LogP) is 2.68. The molecule has 3 nitrogen and oxygen atoms in total. The Balaban J connectivity index is 1.79. The van der Waals surface area contributed by atoms with Crippen LogP contribution in [0.25, 0.3) is 0 Å². The van der Waals surface area contributed by atoms with E-state index >= 15 is 0 Å². The fourth-order valence-electron chi connectivity index (χ4n) is 2.68. The molecule has 1 aromatic rings. The summed E-state index contributed by atoms with van der Waals surface area (Å²) < 4.78 is 0. The van der Waals surface area contributed by atoms with Crippen LogP contribution in [0.2, 0.25) is 0 Å². The number of carbonyl (C=O) groups is 1. The molecule has 20 heavy (non-hydrogen) atoms. The monoisotopic (exact) mass is 275 g/mol. The maximum Gasteiger partial charge on any atom is 0.224 e. The molecule has 0 heterocycles. The van der Waals surface area contributed by atoms with E-state index in [0.717, 1.165) is 31.2 Å². The highest BCUT2D eigenvalue weighted by Crippen LogP contribution is 2.39. The summed E-state index contributed by atoms with van der Waals surface area (Å²) in [7, 11) is 0. The lowest BCUT2D eigenvalue weighted by molar-refractivity contribution is -0.122. The van der Waals surface area contributed by atoms with Crippen molar-refractivity contribution < 1.29 is 9.90 Å². The smallest absolute Gasteiger partial charge is 0.224 e. The topological polar surface area (TPSA) is 49.3 Å². The third-order valence-electron chi connectivity index (χ3n) is 4.36. The summed E-state index contributed by atoms with van der Waals surface area (Å²) in [5.74, 6) is -0.0190. The molecule has 0 atom stereocenters. The first-order valence-corrected chi connectivity index (χ1v) is 7.42. The van der Waals surface area contributed by atoms with Crippen LogP contribution in [-0.4, -0.2) is 23.2 Å². The zero-order valence-electron chi connectivity index (χ0n) is 12.5. The molecule has 1 aromatic carbocycles. The summed E-state index contributed by atoms with van der Waals surface area (Å²) >= 11 is 0. The van der Waals surface area contributed by atoms with Crippen molar-refractivity contribution >= 4 is 5.91 Å². The molecule has 0 aliphatic heterocycles. The Kier molecular flexibility index (Phi) is 4.48. The molecule has 1 fully saturated rings. The van der Waals surface area contributed by atoms with E-state index in [1.807, 2.05) is 30.3 Å². The third-order valence-corrected chi connectivity index (χ3v) is 4.36. The molecule has 1 aliphatic rings. The predicted molar refractivity (Wildman–Crippen MR) is 80.4 cm³/mol. The Labute approximate surface area is 121 Å². The number of carbonyl (C=O) groups excluding carboxylic acids is 1. The van der Waals surface area contributed by atoms with Gasteiger partial charge in [-0.25, -0.2) is 0 Å². The minimum Gasteiger partial charge on any atom is -0.388 e. The first-order valence-electron chi connectivity index (χ1n) is 7.42. The lowest BCUT2D eigenvalue weighted by Gasteiger charge is -2.40. The summed E-state index contributed by atoms with van der Waals surface area (Å²) in [5, 5.41) is 13.4. The van der Waals surface area contributed by atoms with Crippen LogP contribution in [0, 0.1) is 5.41 Å². The van der Waals surface area contributed by atoms with Gasteiger partial charge < -0.3 is 10.4 Å². The van der Waals surface area contributed by atoms with E-state index in [9.17, 15) is 9.90 Å². The molecule has 110 valence electrons. The van der Waals surface area contributed by atoms with Crippen molar-refractivity contribution in [3.05, 3.63) is 35.9 Å². The number of hydrogen-bond donors (Lipinski definition) is 2. The van der Waals surface area contributed by atoms with Gasteiger partial charge >= 0.3 is 0 Å². The molecule has 1 saturated carbocycles. The maximum absolute atomic E-state index is 11.9. The van der Waals surface area contributed by atoms with Crippen molar-refractivity contribution in [3.63, 3.8) is 0 Å². The second-order valence-corrected chi connectivity index (χ2v) is 6.83. The molecular weight excluding hydrogens is 250 g/mol. The average Bonchev–Trinajstić information content (AvgIpc) is 2.42. The second kappa shape index (κ2) is 5.96. The van der Waals surface area contributed by atoms with Crippen LogP contribution < -0.4 is 5.32 Å². The van der Waals surface area contributed by atoms with Gasteiger partial charge in [0.25, 0.3) is 0 Å². The van der Waals surface area contributed by atoms with Crippen molar-refractivity contribution in [1.82, 2.24) is 5.32 Å². The van der Waals surface area contributed by atoms with Crippen LogP contribution in [0.1, 0.15) is 45.1 Å². The third kappa shape index (κ3) is 4.34. The summed E-state index contributed by atoms with van der Waals surface area (Å²) in [6.45, 7) is 4.84. The number of hydrogen-bond acceptors (Lipinski definition) is 2. The zero-order valence-corrected chi connectivity index (χ0v) is 12.5. The minimum atomic E-state index is -0.720. The largest absolute Gasteiger partial charge is 0.388 e. The van der Waals surface area contributed by atoms with Crippen LogP contribution in [-0.2, 0) is 11.2 Å². The Morgan fingerprint density at radius 2 is 1.75 bits per heavy atom. The summed E-state index contributed by atoms with van der Waals surface area (Å²) in [4.78, 5) is 11.9. The number of amides is 1. The van der Waals surface area contributed by atoms with E-state index in [0.29, 0.717) is 18.4 Å². The Morgan fingerprint density at radius 1 is 1.15 bits per heavy atom. The van der Waals surface area contributed by atoms with Crippen LogP contribution in [0.4, 0.5) is 0 Å². The maximum atomic E-state index is 11.9. The Bertz CT molecular complexity index is 443. The van der Waals surface area contributed by atoms with Crippen molar-refractivity contribution in [2.45, 2.75) is 51.6 Å². The number of nitrogens with one attached hydrogen (secondary N) is 1. The van der Waals surface area contributed by atoms with Gasteiger partial charge in [0.05, 0.1) is 12.0 Å². The van der Waals surface area contributed by atoms with E-state index < -0.39 is 5.60 Å². The molecule has 1 aliphatic carbocycles. The molecule has 0 spiro atoms. The molecule has 1 amide bonds. The van der Waals surface area contributed by atoms with E-state index in [4.69, 9.17) is 0 Å². The Morgan fingerprint density at radius 3 is 2.35 bits per heavy atom. The highest BCUT2D eigenvalue weighted by molar-refractivity contribution is 5.78. The molecule has 0 radical (unpaired) electrons. The fourth-order valence-corrected chi connectivity index (χ4v) is 2.68. The van der Waals surface area contributed by atoms with E-state index in [1.165, 1.54) is 0 Å². The van der Waals surface area contributed by atoms with E-state index in [-0.39, 0.29) is 5.91 Å². The van der Waals surface area contributed by atoms with Gasteiger partial charge in [-0.05, 0) is 36.7 Å². The SMILES string of the molecule is CC1(C)CCC(O)(CNC(=O)Cc2ccccc2)CC1. The lowest BCUT2D eigenvalue weighted by atomic mass is 9.71. The summed E-state index contributed by atoms with van der Waals surface area (Å²) in [6, 6.07) is 9.68. The van der Waals surface area contributed by atoms with Crippen LogP contribution >= 0.6 is 0 Å². The van der Waals surface area contributed by atoms with Crippen molar-refractivity contribution in [2.75, 3.05) is 6.54 Å². The van der Waals surface area contributed by atoms with Gasteiger partial charge in [-0.15, -0.1) is 0 Å². The molecule has 2 rings (SSSR count). The van der Waals surface area contributed by atoms with Crippen molar-refractivity contribution in [3.8, 4) is 0 Å². The molecule has 3 heteroatoms. The van der Waals surface area contributed by atoms with Crippen molar-refractivity contribution in [1.29, 1.82) is 0 Å². The first kappa shape index (κ1) is 15.0. The number of rotatable bonds is 4. The van der Waals surface area contributed by atoms with Gasteiger partial charge in [-0.1, -0.05) is 44.2 Å². The number of aliphatic hydroxyl groups is 1. The summed E-state index contributed by atoms with van der Waals surface area (Å²) in [6.07, 6.45) is 3.94. The zero-order chi connectivity index (χ0) is 14.6. The van der Waals surface area contributed by atoms with E-state index in [2.05, 4.69) is 19.2 Å². The normalized spacial score (nSPS) is 20.4. The van der Waals surface area contributed by atoms with Gasteiger partial charge in [0, 0.05) is 6.54 Å². The number of benzene rings is 1. The van der Waals surface area contributed by atoms with Crippen LogP contribution in [0.5, 0.6) is 0 Å². The van der Waals surface area contributed by atoms with Gasteiger partial charge in [0.2, 0.25) is 5.91 Å². The highest BCUT2D eigenvalue weighted by atomic mass is 16.3. The lowest BCUT2D eigenvalue weighted by Crippen LogP contribution is -2.46. The van der Waals surface area contributed by atoms with Gasteiger partial charge in [-0.3, -0.25) is 4.79 Å². The average molecular weight is 275 g/mol. The molecule has 0 unspecified atom stereocenters. The van der Waals surface area contributed by atoms with Gasteiger partial charge in [0.1, 0.15) is 0 Å². The standard InChI is InChI=1S/C17H25NO2/c1-16(2)8-10-17(20,11-9-16)13-18-15(19)12-14-6-4-3-5-7-14/h3-7,20H,8-13H2,1-2H3,(H,18,19). The quantitative estimate of drug-likeness (QED) is 0.887. The van der Waals surface area contributed by atoms with Crippen molar-refractivity contribution in [2.24, 2.45) is 5.41 Å². The van der Waals surface area contributed by atoms with Crippen LogP contribution in [0.15, 0.2) is 30.3 Å². The van der Waals surface area contributed by atoms with E-state index in [1.54, 1.807) is 0 Å². The van der Waals surface area contributed by atoms with Gasteiger partial charge in [0.15, 0.2) is 0 Å².